The molecule has 2 aromatic carbocycles. The number of alkyl halides is 3. The number of guanidine groups is 1. The van der Waals surface area contributed by atoms with Crippen LogP contribution in [0.15, 0.2) is 47.5 Å². The Morgan fingerprint density at radius 2 is 1.70 bits per heavy atom. The molecule has 5 nitrogen and oxygen atoms in total. The molecular weight excluding hydrogens is 515 g/mol. The highest BCUT2D eigenvalue weighted by Gasteiger charge is 2.27. The van der Waals surface area contributed by atoms with E-state index >= 15 is 0 Å². The van der Waals surface area contributed by atoms with Crippen molar-refractivity contribution in [2.75, 3.05) is 13.7 Å². The van der Waals surface area contributed by atoms with Gasteiger partial charge in [-0.1, -0.05) is 30.3 Å². The molecule has 10 heteroatoms. The van der Waals surface area contributed by atoms with Gasteiger partial charge in [-0.15, -0.1) is 24.0 Å². The van der Waals surface area contributed by atoms with E-state index in [2.05, 4.69) is 20.4 Å². The Bertz CT molecular complexity index is 880. The number of hydrogen-bond acceptors (Lipinski definition) is 3. The van der Waals surface area contributed by atoms with E-state index in [-0.39, 0.29) is 42.7 Å². The SMILES string of the molecule is CN=C(NCc1ccc(COCC(F)(F)F)cc1)NCc1ccc(C#N)cc1F.I. The van der Waals surface area contributed by atoms with Gasteiger partial charge in [-0.25, -0.2) is 4.39 Å². The predicted octanol–water partition coefficient (Wildman–Crippen LogP) is 4.26. The lowest BCUT2D eigenvalue weighted by Gasteiger charge is -2.13. The lowest BCUT2D eigenvalue weighted by atomic mass is 10.1. The Labute approximate surface area is 189 Å². The van der Waals surface area contributed by atoms with Gasteiger partial charge in [-0.2, -0.15) is 18.4 Å². The second-order valence-corrected chi connectivity index (χ2v) is 6.12. The Balaban J connectivity index is 0.00000450. The van der Waals surface area contributed by atoms with Crippen LogP contribution in [0, 0.1) is 17.1 Å². The highest BCUT2D eigenvalue weighted by molar-refractivity contribution is 14.0. The van der Waals surface area contributed by atoms with E-state index in [9.17, 15) is 17.6 Å². The molecule has 0 radical (unpaired) electrons. The number of aliphatic imine (C=N–C) groups is 1. The molecule has 0 fully saturated rings. The third-order valence-corrected chi connectivity index (χ3v) is 3.87. The van der Waals surface area contributed by atoms with E-state index < -0.39 is 18.6 Å². The van der Waals surface area contributed by atoms with Crippen molar-refractivity contribution >= 4 is 29.9 Å². The Morgan fingerprint density at radius 1 is 1.07 bits per heavy atom. The van der Waals surface area contributed by atoms with Crippen molar-refractivity contribution < 1.29 is 22.3 Å². The number of hydrogen-bond donors (Lipinski definition) is 2. The van der Waals surface area contributed by atoms with Crippen LogP contribution < -0.4 is 10.6 Å². The maximum Gasteiger partial charge on any atom is 0.411 e. The molecule has 0 spiro atoms. The average molecular weight is 536 g/mol. The number of rotatable bonds is 7. The third kappa shape index (κ3) is 8.96. The molecule has 0 aliphatic carbocycles. The first-order chi connectivity index (χ1) is 13.8. The quantitative estimate of drug-likeness (QED) is 0.240. The largest absolute Gasteiger partial charge is 0.411 e. The summed E-state index contributed by atoms with van der Waals surface area (Å²) in [4.78, 5) is 4.06. The minimum absolute atomic E-state index is 0. The number of halogens is 5. The second kappa shape index (κ2) is 12.3. The molecule has 2 rings (SSSR count). The second-order valence-electron chi connectivity index (χ2n) is 6.12. The monoisotopic (exact) mass is 536 g/mol. The molecule has 0 atom stereocenters. The van der Waals surface area contributed by atoms with Crippen molar-refractivity contribution in [3.05, 3.63) is 70.5 Å². The van der Waals surface area contributed by atoms with Gasteiger partial charge in [0, 0.05) is 25.7 Å². The number of benzene rings is 2. The molecule has 0 amide bonds. The molecule has 0 saturated carbocycles. The number of nitriles is 1. The predicted molar refractivity (Wildman–Crippen MR) is 116 cm³/mol. The summed E-state index contributed by atoms with van der Waals surface area (Å²) in [6, 6.07) is 13.0. The maximum absolute atomic E-state index is 13.9. The van der Waals surface area contributed by atoms with Crippen molar-refractivity contribution in [2.45, 2.75) is 25.9 Å². The van der Waals surface area contributed by atoms with Crippen LogP contribution in [0.2, 0.25) is 0 Å². The Hall–Kier alpha value is -2.39. The van der Waals surface area contributed by atoms with E-state index in [0.717, 1.165) is 5.56 Å². The highest BCUT2D eigenvalue weighted by Crippen LogP contribution is 2.16. The van der Waals surface area contributed by atoms with Crippen LogP contribution in [0.4, 0.5) is 17.6 Å². The molecular formula is C20H21F4IN4O. The van der Waals surface area contributed by atoms with Gasteiger partial charge in [-0.3, -0.25) is 4.99 Å². The molecule has 2 aromatic rings. The first-order valence-corrected chi connectivity index (χ1v) is 8.66. The fourth-order valence-electron chi connectivity index (χ4n) is 2.38. The van der Waals surface area contributed by atoms with Crippen molar-refractivity contribution in [3.63, 3.8) is 0 Å². The summed E-state index contributed by atoms with van der Waals surface area (Å²) in [7, 11) is 1.57. The summed E-state index contributed by atoms with van der Waals surface area (Å²) >= 11 is 0. The lowest BCUT2D eigenvalue weighted by molar-refractivity contribution is -0.176. The molecule has 162 valence electrons. The zero-order valence-electron chi connectivity index (χ0n) is 16.1. The summed E-state index contributed by atoms with van der Waals surface area (Å²) in [5.74, 6) is -0.0262. The van der Waals surface area contributed by atoms with Gasteiger partial charge in [-0.05, 0) is 23.3 Å². The molecule has 0 aliphatic heterocycles. The van der Waals surface area contributed by atoms with Crippen molar-refractivity contribution in [1.29, 1.82) is 5.26 Å². The number of nitrogens with one attached hydrogen (secondary N) is 2. The van der Waals surface area contributed by atoms with Gasteiger partial charge in [0.1, 0.15) is 12.4 Å². The van der Waals surface area contributed by atoms with Crippen LogP contribution in [0.25, 0.3) is 0 Å². The van der Waals surface area contributed by atoms with E-state index in [1.807, 2.05) is 6.07 Å². The van der Waals surface area contributed by atoms with Crippen molar-refractivity contribution in [2.24, 2.45) is 4.99 Å². The van der Waals surface area contributed by atoms with E-state index in [4.69, 9.17) is 5.26 Å². The summed E-state index contributed by atoms with van der Waals surface area (Å²) in [5.41, 5.74) is 2.17. The summed E-state index contributed by atoms with van der Waals surface area (Å²) in [5, 5.41) is 14.8. The zero-order chi connectivity index (χ0) is 21.3. The smallest absolute Gasteiger partial charge is 0.367 e. The maximum atomic E-state index is 13.9. The van der Waals surface area contributed by atoms with Crippen LogP contribution in [0.3, 0.4) is 0 Å². The molecule has 0 unspecified atom stereocenters. The minimum atomic E-state index is -4.34. The average Bonchev–Trinajstić information content (AvgIpc) is 2.69. The minimum Gasteiger partial charge on any atom is -0.367 e. The summed E-state index contributed by atoms with van der Waals surface area (Å²) in [6.45, 7) is -0.795. The molecule has 0 aliphatic rings. The number of nitrogens with zero attached hydrogens (tertiary/aromatic N) is 2. The third-order valence-electron chi connectivity index (χ3n) is 3.87. The highest BCUT2D eigenvalue weighted by atomic mass is 127. The zero-order valence-corrected chi connectivity index (χ0v) is 18.4. The van der Waals surface area contributed by atoms with Crippen LogP contribution in [0.1, 0.15) is 22.3 Å². The van der Waals surface area contributed by atoms with Gasteiger partial charge in [0.15, 0.2) is 5.96 Å². The normalized spacial score (nSPS) is 11.4. The van der Waals surface area contributed by atoms with Gasteiger partial charge in [0.2, 0.25) is 0 Å². The Morgan fingerprint density at radius 3 is 2.27 bits per heavy atom. The summed E-state index contributed by atoms with van der Waals surface area (Å²) < 4.78 is 54.8. The van der Waals surface area contributed by atoms with Crippen LogP contribution in [0.5, 0.6) is 0 Å². The summed E-state index contributed by atoms with van der Waals surface area (Å²) in [6.07, 6.45) is -4.34. The first kappa shape index (κ1) is 25.6. The molecule has 0 bridgehead atoms. The molecule has 0 aromatic heterocycles. The lowest BCUT2D eigenvalue weighted by Crippen LogP contribution is -2.36. The topological polar surface area (TPSA) is 69.4 Å². The fraction of sp³-hybridized carbons (Fsp3) is 0.300. The first-order valence-electron chi connectivity index (χ1n) is 8.66. The van der Waals surface area contributed by atoms with Crippen LogP contribution in [-0.4, -0.2) is 25.8 Å². The fourth-order valence-corrected chi connectivity index (χ4v) is 2.38. The molecule has 0 heterocycles. The number of ether oxygens (including phenoxy) is 1. The van der Waals surface area contributed by atoms with E-state index in [1.165, 1.54) is 18.2 Å². The van der Waals surface area contributed by atoms with Crippen molar-refractivity contribution in [1.82, 2.24) is 10.6 Å². The van der Waals surface area contributed by atoms with Gasteiger partial charge < -0.3 is 15.4 Å². The van der Waals surface area contributed by atoms with E-state index in [1.54, 1.807) is 31.3 Å². The van der Waals surface area contributed by atoms with Gasteiger partial charge >= 0.3 is 6.18 Å². The van der Waals surface area contributed by atoms with Gasteiger partial charge in [0.25, 0.3) is 0 Å². The van der Waals surface area contributed by atoms with Crippen molar-refractivity contribution in [3.8, 4) is 6.07 Å². The molecule has 0 saturated heterocycles. The Kier molecular flexibility index (Phi) is 10.5. The van der Waals surface area contributed by atoms with Crippen LogP contribution >= 0.6 is 24.0 Å². The van der Waals surface area contributed by atoms with Crippen LogP contribution in [-0.2, 0) is 24.4 Å². The molecule has 30 heavy (non-hydrogen) atoms. The standard InChI is InChI=1S/C20H20F4N4O.HI/c1-26-19(28-11-17-7-6-16(9-25)8-18(17)21)27-10-14-2-4-15(5-3-14)12-29-13-20(22,23)24;/h2-8H,10-13H2,1H3,(H2,26,27,28);1H. The van der Waals surface area contributed by atoms with E-state index in [0.29, 0.717) is 23.6 Å². The molecule has 2 N–H and O–H groups in total. The van der Waals surface area contributed by atoms with Gasteiger partial charge in [0.05, 0.1) is 18.2 Å².